The Labute approximate surface area is 106 Å². The second-order valence-electron chi connectivity index (χ2n) is 4.87. The number of aliphatic hydroxyl groups is 1. The van der Waals surface area contributed by atoms with Crippen LogP contribution >= 0.6 is 0 Å². The molecule has 0 atom stereocenters. The largest absolute Gasteiger partial charge is 0.459 e. The summed E-state index contributed by atoms with van der Waals surface area (Å²) in [4.78, 5) is 20.2. The van der Waals surface area contributed by atoms with Crippen molar-refractivity contribution >= 4 is 5.97 Å². The molecule has 0 bridgehead atoms. The highest BCUT2D eigenvalue weighted by Gasteiger charge is 2.42. The zero-order valence-corrected chi connectivity index (χ0v) is 10.6. The van der Waals surface area contributed by atoms with E-state index in [0.717, 1.165) is 18.5 Å². The number of nitrogens with zero attached hydrogens (tertiary/aromatic N) is 2. The molecule has 0 unspecified atom stereocenters. The van der Waals surface area contributed by atoms with Crippen molar-refractivity contribution in [3.8, 4) is 0 Å². The molecule has 1 fully saturated rings. The van der Waals surface area contributed by atoms with Gasteiger partial charge < -0.3 is 9.84 Å². The molecule has 2 rings (SSSR count). The normalized spacial score (nSPS) is 17.7. The predicted molar refractivity (Wildman–Crippen MR) is 64.6 cm³/mol. The van der Waals surface area contributed by atoms with Crippen LogP contribution in [0.25, 0.3) is 0 Å². The Hall–Kier alpha value is -1.49. The molecule has 0 aliphatic heterocycles. The van der Waals surface area contributed by atoms with Gasteiger partial charge in [-0.2, -0.15) is 0 Å². The molecule has 18 heavy (non-hydrogen) atoms. The highest BCUT2D eigenvalue weighted by atomic mass is 16.5. The number of esters is 1. The SMILES string of the molecule is Cc1cnc(COC(=O)C2(CO)CCCC2)cn1. The van der Waals surface area contributed by atoms with Gasteiger partial charge in [0.1, 0.15) is 6.61 Å². The number of aryl methyl sites for hydroxylation is 1. The second-order valence-corrected chi connectivity index (χ2v) is 4.87. The fourth-order valence-electron chi connectivity index (χ4n) is 2.27. The molecule has 5 nitrogen and oxygen atoms in total. The molecule has 1 aliphatic carbocycles. The smallest absolute Gasteiger partial charge is 0.314 e. The molecule has 1 aliphatic rings. The molecule has 1 saturated carbocycles. The van der Waals surface area contributed by atoms with Crippen molar-refractivity contribution in [1.82, 2.24) is 9.97 Å². The number of rotatable bonds is 4. The molecular formula is C13H18N2O3. The number of carbonyl (C=O) groups excluding carboxylic acids is 1. The van der Waals surface area contributed by atoms with E-state index in [-0.39, 0.29) is 19.2 Å². The topological polar surface area (TPSA) is 72.3 Å². The van der Waals surface area contributed by atoms with Crippen molar-refractivity contribution in [2.45, 2.75) is 39.2 Å². The van der Waals surface area contributed by atoms with Gasteiger partial charge in [0.2, 0.25) is 0 Å². The number of hydrogen-bond donors (Lipinski definition) is 1. The first kappa shape index (κ1) is 13.0. The number of hydrogen-bond acceptors (Lipinski definition) is 5. The average Bonchev–Trinajstić information content (AvgIpc) is 2.88. The fourth-order valence-corrected chi connectivity index (χ4v) is 2.27. The Balaban J connectivity index is 1.93. The van der Waals surface area contributed by atoms with Crippen molar-refractivity contribution in [1.29, 1.82) is 0 Å². The Morgan fingerprint density at radius 2 is 2.11 bits per heavy atom. The van der Waals surface area contributed by atoms with Crippen LogP contribution < -0.4 is 0 Å². The molecule has 1 N–H and O–H groups in total. The number of aliphatic hydroxyl groups excluding tert-OH is 1. The van der Waals surface area contributed by atoms with Crippen LogP contribution in [0.3, 0.4) is 0 Å². The van der Waals surface area contributed by atoms with Crippen LogP contribution in [0.2, 0.25) is 0 Å². The third-order valence-corrected chi connectivity index (χ3v) is 3.48. The van der Waals surface area contributed by atoms with Gasteiger partial charge in [-0.3, -0.25) is 14.8 Å². The monoisotopic (exact) mass is 250 g/mol. The summed E-state index contributed by atoms with van der Waals surface area (Å²) in [7, 11) is 0. The molecule has 1 aromatic rings. The van der Waals surface area contributed by atoms with E-state index in [1.54, 1.807) is 12.4 Å². The van der Waals surface area contributed by atoms with Crippen LogP contribution in [0.5, 0.6) is 0 Å². The van der Waals surface area contributed by atoms with E-state index in [4.69, 9.17) is 4.74 Å². The third kappa shape index (κ3) is 2.67. The minimum atomic E-state index is -0.682. The van der Waals surface area contributed by atoms with Gasteiger partial charge in [-0.05, 0) is 19.8 Å². The van der Waals surface area contributed by atoms with Crippen LogP contribution in [0, 0.1) is 12.3 Å². The van der Waals surface area contributed by atoms with Crippen molar-refractivity contribution in [2.24, 2.45) is 5.41 Å². The lowest BCUT2D eigenvalue weighted by atomic mass is 9.87. The Morgan fingerprint density at radius 3 is 2.67 bits per heavy atom. The minimum Gasteiger partial charge on any atom is -0.459 e. The van der Waals surface area contributed by atoms with E-state index in [1.165, 1.54) is 0 Å². The molecule has 0 radical (unpaired) electrons. The van der Waals surface area contributed by atoms with Crippen LogP contribution in [-0.4, -0.2) is 27.7 Å². The Kier molecular flexibility index (Phi) is 3.91. The van der Waals surface area contributed by atoms with Crippen molar-refractivity contribution in [3.63, 3.8) is 0 Å². The van der Waals surface area contributed by atoms with Gasteiger partial charge in [-0.15, -0.1) is 0 Å². The molecule has 0 spiro atoms. The molecule has 1 heterocycles. The first-order valence-corrected chi connectivity index (χ1v) is 6.22. The summed E-state index contributed by atoms with van der Waals surface area (Å²) >= 11 is 0. The number of carbonyl (C=O) groups is 1. The first-order chi connectivity index (χ1) is 8.66. The quantitative estimate of drug-likeness (QED) is 0.817. The second kappa shape index (κ2) is 5.44. The van der Waals surface area contributed by atoms with E-state index in [1.807, 2.05) is 6.92 Å². The summed E-state index contributed by atoms with van der Waals surface area (Å²) < 4.78 is 5.24. The van der Waals surface area contributed by atoms with Crippen molar-refractivity contribution in [2.75, 3.05) is 6.61 Å². The lowest BCUT2D eigenvalue weighted by Gasteiger charge is -2.23. The van der Waals surface area contributed by atoms with Crippen LogP contribution in [-0.2, 0) is 16.1 Å². The number of ether oxygens (including phenoxy) is 1. The van der Waals surface area contributed by atoms with Crippen LogP contribution in [0.4, 0.5) is 0 Å². The van der Waals surface area contributed by atoms with Gasteiger partial charge in [-0.25, -0.2) is 0 Å². The van der Waals surface area contributed by atoms with E-state index >= 15 is 0 Å². The van der Waals surface area contributed by atoms with E-state index in [9.17, 15) is 9.90 Å². The fraction of sp³-hybridized carbons (Fsp3) is 0.615. The summed E-state index contributed by atoms with van der Waals surface area (Å²) in [5.41, 5.74) is 0.769. The maximum Gasteiger partial charge on any atom is 0.314 e. The molecular weight excluding hydrogens is 232 g/mol. The summed E-state index contributed by atoms with van der Waals surface area (Å²) in [5, 5.41) is 9.39. The third-order valence-electron chi connectivity index (χ3n) is 3.48. The van der Waals surface area contributed by atoms with Gasteiger partial charge >= 0.3 is 5.97 Å². The molecule has 0 aromatic carbocycles. The molecule has 5 heteroatoms. The summed E-state index contributed by atoms with van der Waals surface area (Å²) in [6, 6.07) is 0. The zero-order valence-electron chi connectivity index (χ0n) is 10.6. The zero-order chi connectivity index (χ0) is 13.0. The minimum absolute atomic E-state index is 0.119. The maximum absolute atomic E-state index is 12.0. The van der Waals surface area contributed by atoms with Gasteiger partial charge in [0.15, 0.2) is 0 Å². The van der Waals surface area contributed by atoms with Crippen LogP contribution in [0.15, 0.2) is 12.4 Å². The van der Waals surface area contributed by atoms with Crippen molar-refractivity contribution < 1.29 is 14.6 Å². The summed E-state index contributed by atoms with van der Waals surface area (Å²) in [6.07, 6.45) is 6.60. The van der Waals surface area contributed by atoms with E-state index < -0.39 is 5.41 Å². The van der Waals surface area contributed by atoms with Crippen molar-refractivity contribution in [3.05, 3.63) is 23.8 Å². The van der Waals surface area contributed by atoms with Gasteiger partial charge in [0.05, 0.1) is 29.6 Å². The lowest BCUT2D eigenvalue weighted by Crippen LogP contribution is -2.33. The van der Waals surface area contributed by atoms with Crippen LogP contribution in [0.1, 0.15) is 37.1 Å². The summed E-state index contributed by atoms with van der Waals surface area (Å²) in [5.74, 6) is -0.315. The molecule has 1 aromatic heterocycles. The Morgan fingerprint density at radius 1 is 1.39 bits per heavy atom. The van der Waals surface area contributed by atoms with Gasteiger partial charge in [-0.1, -0.05) is 12.8 Å². The van der Waals surface area contributed by atoms with Gasteiger partial charge in [0.25, 0.3) is 0 Å². The first-order valence-electron chi connectivity index (χ1n) is 6.22. The summed E-state index contributed by atoms with van der Waals surface area (Å²) in [6.45, 7) is 1.83. The highest BCUT2D eigenvalue weighted by Crippen LogP contribution is 2.38. The Bertz CT molecular complexity index is 411. The van der Waals surface area contributed by atoms with Gasteiger partial charge in [0, 0.05) is 6.20 Å². The highest BCUT2D eigenvalue weighted by molar-refractivity contribution is 5.77. The lowest BCUT2D eigenvalue weighted by molar-refractivity contribution is -0.159. The molecule has 98 valence electrons. The number of aromatic nitrogens is 2. The predicted octanol–water partition coefficient (Wildman–Crippen LogP) is 1.38. The maximum atomic E-state index is 12.0. The molecule has 0 amide bonds. The van der Waals surface area contributed by atoms with E-state index in [2.05, 4.69) is 9.97 Å². The molecule has 0 saturated heterocycles. The standard InChI is InChI=1S/C13H18N2O3/c1-10-6-15-11(7-14-10)8-18-12(17)13(9-16)4-2-3-5-13/h6-7,16H,2-5,8-9H2,1H3. The average molecular weight is 250 g/mol. The van der Waals surface area contributed by atoms with E-state index in [0.29, 0.717) is 18.5 Å².